The first-order valence-corrected chi connectivity index (χ1v) is 8.05. The van der Waals surface area contributed by atoms with E-state index in [-0.39, 0.29) is 24.6 Å². The Labute approximate surface area is 130 Å². The number of hydrogen-bond acceptors (Lipinski definition) is 4. The molecule has 2 aliphatic heterocycles. The van der Waals surface area contributed by atoms with E-state index in [9.17, 15) is 9.90 Å². The van der Waals surface area contributed by atoms with Crippen LogP contribution in [0.5, 0.6) is 0 Å². The Hall–Kier alpha value is -1.76. The zero-order valence-corrected chi connectivity index (χ0v) is 13.1. The van der Waals surface area contributed by atoms with Crippen molar-refractivity contribution in [2.75, 3.05) is 37.7 Å². The summed E-state index contributed by atoms with van der Waals surface area (Å²) < 4.78 is 1.80. The van der Waals surface area contributed by atoms with E-state index in [0.29, 0.717) is 6.54 Å². The minimum Gasteiger partial charge on any atom is -0.396 e. The van der Waals surface area contributed by atoms with E-state index in [1.165, 1.54) is 0 Å². The molecule has 0 bridgehead atoms. The van der Waals surface area contributed by atoms with E-state index >= 15 is 0 Å². The highest BCUT2D eigenvalue weighted by Crippen LogP contribution is 2.20. The summed E-state index contributed by atoms with van der Waals surface area (Å²) in [4.78, 5) is 16.4. The zero-order chi connectivity index (χ0) is 15.5. The van der Waals surface area contributed by atoms with Gasteiger partial charge in [0.05, 0.1) is 11.9 Å². The molecule has 122 valence electrons. The molecule has 2 saturated heterocycles. The number of likely N-dealkylation sites (tertiary alicyclic amines) is 1. The molecule has 0 spiro atoms. The predicted octanol–water partition coefficient (Wildman–Crippen LogP) is 0.413. The number of carbonyl (C=O) groups excluding carboxylic acids is 1. The largest absolute Gasteiger partial charge is 0.396 e. The molecule has 0 aromatic carbocycles. The normalized spacial score (nSPS) is 25.5. The summed E-state index contributed by atoms with van der Waals surface area (Å²) in [6.45, 7) is 3.42. The summed E-state index contributed by atoms with van der Waals surface area (Å²) in [5.74, 6) is 0.240. The molecule has 0 aliphatic carbocycles. The Morgan fingerprint density at radius 1 is 1.41 bits per heavy atom. The minimum absolute atomic E-state index is 0.00832. The van der Waals surface area contributed by atoms with Crippen LogP contribution >= 0.6 is 0 Å². The number of nitrogens with zero attached hydrogens (tertiary/aromatic N) is 4. The highest BCUT2D eigenvalue weighted by molar-refractivity contribution is 5.75. The number of piperidine rings is 1. The molecule has 2 aliphatic rings. The summed E-state index contributed by atoms with van der Waals surface area (Å²) in [6, 6.07) is 0.184. The fraction of sp³-hybridized carbons (Fsp3) is 0.733. The number of aromatic nitrogens is 2. The summed E-state index contributed by atoms with van der Waals surface area (Å²) >= 11 is 0. The maximum absolute atomic E-state index is 12.3. The van der Waals surface area contributed by atoms with E-state index in [2.05, 4.69) is 15.3 Å². The second kappa shape index (κ2) is 6.56. The van der Waals surface area contributed by atoms with Crippen molar-refractivity contribution in [1.82, 2.24) is 20.0 Å². The molecule has 2 N–H and O–H groups in total. The van der Waals surface area contributed by atoms with Crippen molar-refractivity contribution in [3.05, 3.63) is 12.4 Å². The highest BCUT2D eigenvalue weighted by atomic mass is 16.3. The number of hydrogen-bond donors (Lipinski definition) is 2. The third-order valence-electron chi connectivity index (χ3n) is 4.64. The van der Waals surface area contributed by atoms with Crippen LogP contribution in [0.3, 0.4) is 0 Å². The van der Waals surface area contributed by atoms with Crippen LogP contribution in [0.15, 0.2) is 12.4 Å². The maximum atomic E-state index is 12.3. The van der Waals surface area contributed by atoms with Gasteiger partial charge >= 0.3 is 6.03 Å². The lowest BCUT2D eigenvalue weighted by Gasteiger charge is -2.34. The lowest BCUT2D eigenvalue weighted by Crippen LogP contribution is -2.51. The second-order valence-corrected chi connectivity index (χ2v) is 6.39. The van der Waals surface area contributed by atoms with Gasteiger partial charge in [0.1, 0.15) is 0 Å². The van der Waals surface area contributed by atoms with Crippen molar-refractivity contribution in [1.29, 1.82) is 0 Å². The lowest BCUT2D eigenvalue weighted by molar-refractivity contribution is 0.193. The molecule has 2 fully saturated rings. The molecule has 2 amide bonds. The lowest BCUT2D eigenvalue weighted by atomic mass is 10.1. The third-order valence-corrected chi connectivity index (χ3v) is 4.64. The Kier molecular flexibility index (Phi) is 4.52. The van der Waals surface area contributed by atoms with Gasteiger partial charge in [0.15, 0.2) is 0 Å². The number of rotatable bonds is 3. The van der Waals surface area contributed by atoms with Crippen molar-refractivity contribution in [2.24, 2.45) is 13.0 Å². The molecule has 0 radical (unpaired) electrons. The van der Waals surface area contributed by atoms with Gasteiger partial charge in [-0.15, -0.1) is 0 Å². The summed E-state index contributed by atoms with van der Waals surface area (Å²) in [5.41, 5.74) is 1.11. The monoisotopic (exact) mass is 307 g/mol. The van der Waals surface area contributed by atoms with E-state index in [0.717, 1.165) is 44.6 Å². The van der Waals surface area contributed by atoms with Crippen LogP contribution in [0.1, 0.15) is 19.3 Å². The van der Waals surface area contributed by atoms with Gasteiger partial charge in [0, 0.05) is 58.0 Å². The number of carbonyl (C=O) groups is 1. The van der Waals surface area contributed by atoms with E-state index in [1.807, 2.05) is 24.3 Å². The molecule has 0 saturated carbocycles. The second-order valence-electron chi connectivity index (χ2n) is 6.39. The van der Waals surface area contributed by atoms with Crippen molar-refractivity contribution < 1.29 is 9.90 Å². The highest BCUT2D eigenvalue weighted by Gasteiger charge is 2.28. The number of aliphatic hydroxyl groups is 1. The maximum Gasteiger partial charge on any atom is 0.317 e. The van der Waals surface area contributed by atoms with Crippen molar-refractivity contribution >= 4 is 11.7 Å². The Morgan fingerprint density at radius 3 is 2.95 bits per heavy atom. The number of amides is 2. The third kappa shape index (κ3) is 3.35. The summed E-state index contributed by atoms with van der Waals surface area (Å²) in [6.07, 6.45) is 6.86. The Balaban J connectivity index is 1.53. The van der Waals surface area contributed by atoms with Gasteiger partial charge in [-0.3, -0.25) is 4.68 Å². The molecular formula is C15H25N5O2. The summed E-state index contributed by atoms with van der Waals surface area (Å²) in [5, 5.41) is 16.5. The molecule has 2 atom stereocenters. The van der Waals surface area contributed by atoms with Crippen LogP contribution < -0.4 is 10.2 Å². The molecule has 2 unspecified atom stereocenters. The summed E-state index contributed by atoms with van der Waals surface area (Å²) in [7, 11) is 1.91. The number of aliphatic hydroxyl groups excluding tert-OH is 1. The van der Waals surface area contributed by atoms with Crippen LogP contribution in [0.2, 0.25) is 0 Å². The number of aryl methyl sites for hydroxylation is 1. The fourth-order valence-electron chi connectivity index (χ4n) is 3.33. The predicted molar refractivity (Wildman–Crippen MR) is 83.7 cm³/mol. The van der Waals surface area contributed by atoms with Crippen molar-refractivity contribution in [2.45, 2.75) is 25.3 Å². The topological polar surface area (TPSA) is 73.6 Å². The van der Waals surface area contributed by atoms with Gasteiger partial charge in [-0.1, -0.05) is 0 Å². The number of urea groups is 1. The zero-order valence-electron chi connectivity index (χ0n) is 13.1. The molecule has 3 rings (SSSR count). The van der Waals surface area contributed by atoms with Gasteiger partial charge in [-0.25, -0.2) is 4.79 Å². The van der Waals surface area contributed by atoms with Gasteiger partial charge in [0.2, 0.25) is 0 Å². The molecule has 1 aromatic rings. The standard InChI is InChI=1S/C15H25N5O2/c1-18-10-14(7-16-18)19-5-2-3-13(9-19)17-15(22)20-6-4-12(8-20)11-21/h7,10,12-13,21H,2-6,8-9,11H2,1H3,(H,17,22). The van der Waals surface area contributed by atoms with Crippen LogP contribution in [-0.4, -0.2) is 64.6 Å². The van der Waals surface area contributed by atoms with Gasteiger partial charge in [-0.2, -0.15) is 5.10 Å². The van der Waals surface area contributed by atoms with Gasteiger partial charge in [0.25, 0.3) is 0 Å². The smallest absolute Gasteiger partial charge is 0.317 e. The van der Waals surface area contributed by atoms with Crippen LogP contribution in [0.25, 0.3) is 0 Å². The molecular weight excluding hydrogens is 282 g/mol. The van der Waals surface area contributed by atoms with Crippen LogP contribution in [0.4, 0.5) is 10.5 Å². The first-order chi connectivity index (χ1) is 10.7. The quantitative estimate of drug-likeness (QED) is 0.848. The van der Waals surface area contributed by atoms with Crippen LogP contribution in [0, 0.1) is 5.92 Å². The average Bonchev–Trinajstić information content (AvgIpc) is 3.16. The number of nitrogens with one attached hydrogen (secondary N) is 1. The first-order valence-electron chi connectivity index (χ1n) is 8.05. The van der Waals surface area contributed by atoms with Crippen molar-refractivity contribution in [3.8, 4) is 0 Å². The first kappa shape index (κ1) is 15.1. The molecule has 3 heterocycles. The van der Waals surface area contributed by atoms with Gasteiger partial charge in [-0.05, 0) is 19.3 Å². The molecule has 7 nitrogen and oxygen atoms in total. The van der Waals surface area contributed by atoms with Gasteiger partial charge < -0.3 is 20.2 Å². The molecule has 22 heavy (non-hydrogen) atoms. The SMILES string of the molecule is Cn1cc(N2CCCC(NC(=O)N3CCC(CO)C3)C2)cn1. The van der Waals surface area contributed by atoms with E-state index < -0.39 is 0 Å². The Bertz CT molecular complexity index is 518. The van der Waals surface area contributed by atoms with E-state index in [4.69, 9.17) is 0 Å². The van der Waals surface area contributed by atoms with E-state index in [1.54, 1.807) is 4.68 Å². The molecule has 7 heteroatoms. The van der Waals surface area contributed by atoms with Crippen molar-refractivity contribution in [3.63, 3.8) is 0 Å². The fourth-order valence-corrected chi connectivity index (χ4v) is 3.33. The van der Waals surface area contributed by atoms with Crippen LogP contribution in [-0.2, 0) is 7.05 Å². The Morgan fingerprint density at radius 2 is 2.27 bits per heavy atom. The minimum atomic E-state index is 0.00832. The number of anilines is 1. The average molecular weight is 307 g/mol. The molecule has 1 aromatic heterocycles.